The fourth-order valence-corrected chi connectivity index (χ4v) is 5.05. The minimum atomic E-state index is -0.850. The van der Waals surface area contributed by atoms with Crippen LogP contribution in [0, 0.1) is 16.7 Å². The van der Waals surface area contributed by atoms with Crippen LogP contribution >= 0.6 is 0 Å². The minimum absolute atomic E-state index is 0.0544. The zero-order valence-corrected chi connectivity index (χ0v) is 21.0. The van der Waals surface area contributed by atoms with E-state index in [0.717, 1.165) is 4.90 Å². The first-order valence-electron chi connectivity index (χ1n) is 11.7. The van der Waals surface area contributed by atoms with Crippen molar-refractivity contribution in [3.8, 4) is 0 Å². The summed E-state index contributed by atoms with van der Waals surface area (Å²) in [5.41, 5.74) is -0.218. The first-order valence-corrected chi connectivity index (χ1v) is 11.7. The minimum Gasteiger partial charge on any atom is -0.462 e. The highest BCUT2D eigenvalue weighted by atomic mass is 16.5. The average Bonchev–Trinajstić information content (AvgIpc) is 2.97. The van der Waals surface area contributed by atoms with Crippen LogP contribution in [0.3, 0.4) is 0 Å². The molecule has 1 aliphatic heterocycles. The summed E-state index contributed by atoms with van der Waals surface area (Å²) in [5, 5.41) is 0. The molecule has 2 fully saturated rings. The molecule has 33 heavy (non-hydrogen) atoms. The Balaban J connectivity index is 1.92. The molecule has 1 atom stereocenters. The molecule has 1 saturated carbocycles. The van der Waals surface area contributed by atoms with Crippen molar-refractivity contribution >= 4 is 29.4 Å². The van der Waals surface area contributed by atoms with E-state index in [4.69, 9.17) is 4.74 Å². The molecular formula is C26H36N2O5. The predicted octanol–water partition coefficient (Wildman–Crippen LogP) is 4.19. The van der Waals surface area contributed by atoms with Crippen LogP contribution in [0.15, 0.2) is 24.3 Å². The lowest BCUT2D eigenvalue weighted by atomic mass is 9.94. The van der Waals surface area contributed by atoms with Crippen molar-refractivity contribution in [3.05, 3.63) is 29.8 Å². The van der Waals surface area contributed by atoms with Gasteiger partial charge in [0.25, 0.3) is 5.91 Å². The molecule has 180 valence electrons. The Morgan fingerprint density at radius 2 is 1.61 bits per heavy atom. The first kappa shape index (κ1) is 24.9. The normalized spacial score (nSPS) is 21.8. The van der Waals surface area contributed by atoms with Crippen LogP contribution in [0.5, 0.6) is 0 Å². The molecule has 1 saturated heterocycles. The van der Waals surface area contributed by atoms with Crippen molar-refractivity contribution in [2.75, 3.05) is 11.5 Å². The van der Waals surface area contributed by atoms with Crippen LogP contribution < -0.4 is 4.90 Å². The van der Waals surface area contributed by atoms with Gasteiger partial charge in [-0.3, -0.25) is 14.4 Å². The van der Waals surface area contributed by atoms with Crippen molar-refractivity contribution in [2.24, 2.45) is 16.7 Å². The van der Waals surface area contributed by atoms with E-state index in [-0.39, 0.29) is 41.6 Å². The number of anilines is 1. The monoisotopic (exact) mass is 456 g/mol. The van der Waals surface area contributed by atoms with E-state index in [9.17, 15) is 19.2 Å². The molecule has 1 heterocycles. The van der Waals surface area contributed by atoms with Crippen molar-refractivity contribution in [1.82, 2.24) is 4.90 Å². The van der Waals surface area contributed by atoms with Gasteiger partial charge in [-0.2, -0.15) is 0 Å². The maximum atomic E-state index is 13.8. The van der Waals surface area contributed by atoms with E-state index in [1.807, 2.05) is 20.8 Å². The van der Waals surface area contributed by atoms with Gasteiger partial charge < -0.3 is 9.64 Å². The summed E-state index contributed by atoms with van der Waals surface area (Å²) in [6, 6.07) is 5.35. The fraction of sp³-hybridized carbons (Fsp3) is 0.615. The summed E-state index contributed by atoms with van der Waals surface area (Å²) in [7, 11) is 0. The molecular weight excluding hydrogens is 420 g/mol. The van der Waals surface area contributed by atoms with Gasteiger partial charge in [0.15, 0.2) is 0 Å². The number of imide groups is 1. The quantitative estimate of drug-likeness (QED) is 0.454. The molecule has 1 unspecified atom stereocenters. The van der Waals surface area contributed by atoms with Gasteiger partial charge in [-0.25, -0.2) is 9.69 Å². The number of benzene rings is 1. The van der Waals surface area contributed by atoms with Crippen LogP contribution in [0.4, 0.5) is 5.69 Å². The molecule has 0 N–H and O–H groups in total. The standard InChI is InChI=1S/C26H36N2O5/c1-9-24(3,4)28(22(31)20-25(5,6)26(20,7)8)18-15-19(29)27(21(18)30)17-13-11-16(12-14-17)23(32)33-10-2/h11-14,18,20H,9-10,15H2,1-8H3. The Kier molecular flexibility index (Phi) is 6.24. The third-order valence-corrected chi connectivity index (χ3v) is 8.09. The maximum Gasteiger partial charge on any atom is 0.338 e. The Morgan fingerprint density at radius 3 is 2.06 bits per heavy atom. The summed E-state index contributed by atoms with van der Waals surface area (Å²) in [6.07, 6.45) is 0.597. The highest BCUT2D eigenvalue weighted by Crippen LogP contribution is 2.69. The Hall–Kier alpha value is -2.70. The summed E-state index contributed by atoms with van der Waals surface area (Å²) >= 11 is 0. The molecule has 3 amide bonds. The molecule has 0 spiro atoms. The topological polar surface area (TPSA) is 84.0 Å². The number of carbonyl (C=O) groups excluding carboxylic acids is 4. The molecule has 3 rings (SSSR count). The highest BCUT2D eigenvalue weighted by molar-refractivity contribution is 6.23. The number of amides is 3. The summed E-state index contributed by atoms with van der Waals surface area (Å²) in [6.45, 7) is 16.2. The van der Waals surface area contributed by atoms with Gasteiger partial charge in [0, 0.05) is 11.5 Å². The lowest BCUT2D eigenvalue weighted by molar-refractivity contribution is -0.147. The molecule has 0 bridgehead atoms. The van der Waals surface area contributed by atoms with Crippen molar-refractivity contribution in [2.45, 2.75) is 79.8 Å². The molecule has 1 aromatic rings. The van der Waals surface area contributed by atoms with Crippen LogP contribution in [-0.4, -0.2) is 46.8 Å². The van der Waals surface area contributed by atoms with Gasteiger partial charge in [-0.05, 0) is 62.3 Å². The van der Waals surface area contributed by atoms with Crippen LogP contribution in [0.25, 0.3) is 0 Å². The van der Waals surface area contributed by atoms with Gasteiger partial charge >= 0.3 is 5.97 Å². The maximum absolute atomic E-state index is 13.8. The number of esters is 1. The second-order valence-corrected chi connectivity index (χ2v) is 10.8. The Morgan fingerprint density at radius 1 is 1.06 bits per heavy atom. The van der Waals surface area contributed by atoms with Crippen molar-refractivity contribution in [1.29, 1.82) is 0 Å². The second kappa shape index (κ2) is 8.26. The second-order valence-electron chi connectivity index (χ2n) is 10.8. The van der Waals surface area contributed by atoms with E-state index >= 15 is 0 Å². The number of carbonyl (C=O) groups is 4. The van der Waals surface area contributed by atoms with Gasteiger partial charge in [-0.1, -0.05) is 34.6 Å². The molecule has 2 aliphatic rings. The van der Waals surface area contributed by atoms with Crippen molar-refractivity contribution < 1.29 is 23.9 Å². The number of nitrogens with zero attached hydrogens (tertiary/aromatic N) is 2. The number of hydrogen-bond donors (Lipinski definition) is 0. The van der Waals surface area contributed by atoms with Gasteiger partial charge in [-0.15, -0.1) is 0 Å². The van der Waals surface area contributed by atoms with Crippen LogP contribution in [0.1, 0.15) is 78.6 Å². The average molecular weight is 457 g/mol. The molecule has 7 nitrogen and oxygen atoms in total. The number of hydrogen-bond acceptors (Lipinski definition) is 5. The fourth-order valence-electron chi connectivity index (χ4n) is 5.05. The summed E-state index contributed by atoms with van der Waals surface area (Å²) in [4.78, 5) is 55.0. The third kappa shape index (κ3) is 3.96. The predicted molar refractivity (Wildman–Crippen MR) is 126 cm³/mol. The molecule has 0 aromatic heterocycles. The molecule has 1 aliphatic carbocycles. The Bertz CT molecular complexity index is 963. The largest absolute Gasteiger partial charge is 0.462 e. The van der Waals surface area contributed by atoms with Crippen LogP contribution in [-0.2, 0) is 19.1 Å². The summed E-state index contributed by atoms with van der Waals surface area (Å²) < 4.78 is 4.99. The zero-order valence-electron chi connectivity index (χ0n) is 21.0. The molecule has 1 aromatic carbocycles. The highest BCUT2D eigenvalue weighted by Gasteiger charge is 2.70. The Labute approximate surface area is 196 Å². The number of ether oxygens (including phenoxy) is 1. The van der Waals surface area contributed by atoms with E-state index < -0.39 is 23.5 Å². The van der Waals surface area contributed by atoms with E-state index in [0.29, 0.717) is 17.7 Å². The van der Waals surface area contributed by atoms with Gasteiger partial charge in [0.1, 0.15) is 6.04 Å². The smallest absolute Gasteiger partial charge is 0.338 e. The van der Waals surface area contributed by atoms with Crippen molar-refractivity contribution in [3.63, 3.8) is 0 Å². The van der Waals surface area contributed by atoms with E-state index in [2.05, 4.69) is 27.7 Å². The van der Waals surface area contributed by atoms with E-state index in [1.54, 1.807) is 24.0 Å². The molecule has 0 radical (unpaired) electrons. The first-order chi connectivity index (χ1) is 15.2. The van der Waals surface area contributed by atoms with E-state index in [1.165, 1.54) is 12.1 Å². The van der Waals surface area contributed by atoms with Gasteiger partial charge in [0.2, 0.25) is 11.8 Å². The lowest BCUT2D eigenvalue weighted by Crippen LogP contribution is -2.56. The number of rotatable bonds is 7. The SMILES string of the molecule is CCOC(=O)c1ccc(N2C(=O)CC(N(C(=O)C3C(C)(C)C3(C)C)C(C)(C)CC)C2=O)cc1. The summed E-state index contributed by atoms with van der Waals surface area (Å²) in [5.74, 6) is -1.50. The third-order valence-electron chi connectivity index (χ3n) is 8.09. The lowest BCUT2D eigenvalue weighted by Gasteiger charge is -2.41. The van der Waals surface area contributed by atoms with Crippen LogP contribution in [0.2, 0.25) is 0 Å². The van der Waals surface area contributed by atoms with Gasteiger partial charge in [0.05, 0.1) is 24.3 Å². The zero-order chi connectivity index (χ0) is 24.9. The molecule has 7 heteroatoms.